The lowest BCUT2D eigenvalue weighted by molar-refractivity contribution is -0.125. The molecule has 0 spiro atoms. The Hall–Kier alpha value is -0.840. The standard InChI is InChI=1S/C15H24BrN3O/c1-10(9-19-12(3)14(16)11(2)18-19)15(20)17-13-7-5-4-6-8-13/h10,13H,4-9H2,1-3H3,(H,17,20). The van der Waals surface area contributed by atoms with Gasteiger partial charge in [-0.05, 0) is 42.6 Å². The fourth-order valence-corrected chi connectivity index (χ4v) is 3.07. The van der Waals surface area contributed by atoms with Crippen LogP contribution in [0.3, 0.4) is 0 Å². The lowest BCUT2D eigenvalue weighted by Crippen LogP contribution is -2.40. The first kappa shape index (κ1) is 15.5. The molecule has 112 valence electrons. The summed E-state index contributed by atoms with van der Waals surface area (Å²) in [5, 5.41) is 7.66. The van der Waals surface area contributed by atoms with Crippen molar-refractivity contribution in [3.63, 3.8) is 0 Å². The van der Waals surface area contributed by atoms with Crippen molar-refractivity contribution in [2.75, 3.05) is 0 Å². The Bertz CT molecular complexity index is 478. The highest BCUT2D eigenvalue weighted by molar-refractivity contribution is 9.10. The van der Waals surface area contributed by atoms with Crippen LogP contribution in [-0.2, 0) is 11.3 Å². The molecule has 1 aliphatic rings. The molecule has 0 aromatic carbocycles. The number of hydrogen-bond donors (Lipinski definition) is 1. The van der Waals surface area contributed by atoms with Crippen molar-refractivity contribution >= 4 is 21.8 Å². The predicted molar refractivity (Wildman–Crippen MR) is 83.6 cm³/mol. The highest BCUT2D eigenvalue weighted by atomic mass is 79.9. The van der Waals surface area contributed by atoms with Gasteiger partial charge in [-0.25, -0.2) is 0 Å². The Labute approximate surface area is 129 Å². The van der Waals surface area contributed by atoms with E-state index in [1.807, 2.05) is 25.5 Å². The third-order valence-electron chi connectivity index (χ3n) is 4.14. The minimum Gasteiger partial charge on any atom is -0.353 e. The molecule has 0 bridgehead atoms. The van der Waals surface area contributed by atoms with Crippen LogP contribution < -0.4 is 5.32 Å². The molecule has 2 rings (SSSR count). The second kappa shape index (κ2) is 6.74. The van der Waals surface area contributed by atoms with Crippen LogP contribution in [0.15, 0.2) is 4.47 Å². The molecule has 1 atom stereocenters. The largest absolute Gasteiger partial charge is 0.353 e. The molecule has 0 aliphatic heterocycles. The van der Waals surface area contributed by atoms with Crippen LogP contribution >= 0.6 is 15.9 Å². The molecule has 1 N–H and O–H groups in total. The number of rotatable bonds is 4. The molecular weight excluding hydrogens is 318 g/mol. The third-order valence-corrected chi connectivity index (χ3v) is 5.29. The van der Waals surface area contributed by atoms with E-state index in [0.29, 0.717) is 12.6 Å². The average Bonchev–Trinajstić information content (AvgIpc) is 2.67. The number of carbonyl (C=O) groups excluding carboxylic acids is 1. The van der Waals surface area contributed by atoms with Crippen LogP contribution in [0.5, 0.6) is 0 Å². The minimum absolute atomic E-state index is 0.0539. The molecule has 5 heteroatoms. The first-order chi connectivity index (χ1) is 9.49. The molecule has 1 aromatic rings. The lowest BCUT2D eigenvalue weighted by atomic mass is 9.95. The maximum atomic E-state index is 12.3. The number of aromatic nitrogens is 2. The van der Waals surface area contributed by atoms with Gasteiger partial charge in [0.05, 0.1) is 22.6 Å². The van der Waals surface area contributed by atoms with E-state index < -0.39 is 0 Å². The van der Waals surface area contributed by atoms with Gasteiger partial charge in [0.1, 0.15) is 0 Å². The van der Waals surface area contributed by atoms with Crippen molar-refractivity contribution in [3.8, 4) is 0 Å². The van der Waals surface area contributed by atoms with Crippen LogP contribution in [0.1, 0.15) is 50.4 Å². The van der Waals surface area contributed by atoms with Gasteiger partial charge < -0.3 is 5.32 Å². The zero-order valence-corrected chi connectivity index (χ0v) is 14.2. The smallest absolute Gasteiger partial charge is 0.224 e. The van der Waals surface area contributed by atoms with Crippen LogP contribution in [-0.4, -0.2) is 21.7 Å². The van der Waals surface area contributed by atoms with Crippen molar-refractivity contribution in [2.45, 2.75) is 65.5 Å². The molecule has 1 heterocycles. The molecule has 0 saturated heterocycles. The van der Waals surface area contributed by atoms with Crippen molar-refractivity contribution < 1.29 is 4.79 Å². The molecule has 1 fully saturated rings. The SMILES string of the molecule is Cc1nn(CC(C)C(=O)NC2CCCCC2)c(C)c1Br. The van der Waals surface area contributed by atoms with E-state index >= 15 is 0 Å². The monoisotopic (exact) mass is 341 g/mol. The van der Waals surface area contributed by atoms with Crippen molar-refractivity contribution in [1.29, 1.82) is 0 Å². The number of amides is 1. The molecule has 1 aliphatic carbocycles. The highest BCUT2D eigenvalue weighted by Gasteiger charge is 2.21. The number of hydrogen-bond acceptors (Lipinski definition) is 2. The van der Waals surface area contributed by atoms with Gasteiger partial charge in [-0.15, -0.1) is 0 Å². The van der Waals surface area contributed by atoms with Gasteiger partial charge >= 0.3 is 0 Å². The predicted octanol–water partition coefficient (Wildman–Crippen LogP) is 3.35. The number of carbonyl (C=O) groups is 1. The Kier molecular flexibility index (Phi) is 5.24. The van der Waals surface area contributed by atoms with Gasteiger partial charge in [0.15, 0.2) is 0 Å². The van der Waals surface area contributed by atoms with Crippen LogP contribution in [0.25, 0.3) is 0 Å². The third kappa shape index (κ3) is 3.62. The molecule has 1 unspecified atom stereocenters. The Morgan fingerprint density at radius 3 is 2.60 bits per heavy atom. The summed E-state index contributed by atoms with van der Waals surface area (Å²) < 4.78 is 2.96. The Balaban J connectivity index is 1.91. The molecule has 1 aromatic heterocycles. The van der Waals surface area contributed by atoms with E-state index in [1.165, 1.54) is 19.3 Å². The van der Waals surface area contributed by atoms with E-state index in [4.69, 9.17) is 0 Å². The zero-order chi connectivity index (χ0) is 14.7. The maximum absolute atomic E-state index is 12.3. The summed E-state index contributed by atoms with van der Waals surface area (Å²) in [6.45, 7) is 6.61. The summed E-state index contributed by atoms with van der Waals surface area (Å²) in [4.78, 5) is 12.3. The summed E-state index contributed by atoms with van der Waals surface area (Å²) in [6, 6.07) is 0.380. The fraction of sp³-hybridized carbons (Fsp3) is 0.733. The molecule has 1 saturated carbocycles. The van der Waals surface area contributed by atoms with Gasteiger partial charge in [-0.2, -0.15) is 5.10 Å². The summed E-state index contributed by atoms with van der Waals surface area (Å²) >= 11 is 3.52. The van der Waals surface area contributed by atoms with E-state index in [0.717, 1.165) is 28.7 Å². The summed E-state index contributed by atoms with van der Waals surface area (Å²) in [7, 11) is 0. The molecule has 0 radical (unpaired) electrons. The average molecular weight is 342 g/mol. The number of nitrogens with one attached hydrogen (secondary N) is 1. The van der Waals surface area contributed by atoms with E-state index in [2.05, 4.69) is 26.3 Å². The second-order valence-electron chi connectivity index (χ2n) is 5.91. The number of aryl methyl sites for hydroxylation is 1. The minimum atomic E-state index is -0.0539. The normalized spacial score (nSPS) is 18.0. The Morgan fingerprint density at radius 1 is 1.40 bits per heavy atom. The van der Waals surface area contributed by atoms with E-state index in [1.54, 1.807) is 0 Å². The van der Waals surface area contributed by atoms with Gasteiger partial charge in [0.2, 0.25) is 5.91 Å². The van der Waals surface area contributed by atoms with Crippen molar-refractivity contribution in [3.05, 3.63) is 15.9 Å². The summed E-state index contributed by atoms with van der Waals surface area (Å²) in [5.41, 5.74) is 2.06. The quantitative estimate of drug-likeness (QED) is 0.912. The molecule has 20 heavy (non-hydrogen) atoms. The first-order valence-corrected chi connectivity index (χ1v) is 8.28. The van der Waals surface area contributed by atoms with Crippen LogP contribution in [0, 0.1) is 19.8 Å². The number of nitrogens with zero attached hydrogens (tertiary/aromatic N) is 2. The summed E-state index contributed by atoms with van der Waals surface area (Å²) in [5.74, 6) is 0.0994. The van der Waals surface area contributed by atoms with Crippen molar-refractivity contribution in [1.82, 2.24) is 15.1 Å². The van der Waals surface area contributed by atoms with Gasteiger partial charge in [-0.3, -0.25) is 9.48 Å². The van der Waals surface area contributed by atoms with Gasteiger partial charge in [0, 0.05) is 11.7 Å². The zero-order valence-electron chi connectivity index (χ0n) is 12.6. The van der Waals surface area contributed by atoms with Crippen LogP contribution in [0.2, 0.25) is 0 Å². The number of halogens is 1. The van der Waals surface area contributed by atoms with Crippen LogP contribution in [0.4, 0.5) is 0 Å². The lowest BCUT2D eigenvalue weighted by Gasteiger charge is -2.24. The summed E-state index contributed by atoms with van der Waals surface area (Å²) in [6.07, 6.45) is 6.04. The van der Waals surface area contributed by atoms with E-state index in [-0.39, 0.29) is 11.8 Å². The molecular formula is C15H24BrN3O. The second-order valence-corrected chi connectivity index (χ2v) is 6.70. The molecule has 1 amide bonds. The first-order valence-electron chi connectivity index (χ1n) is 7.49. The highest BCUT2D eigenvalue weighted by Crippen LogP contribution is 2.21. The topological polar surface area (TPSA) is 46.9 Å². The van der Waals surface area contributed by atoms with Gasteiger partial charge in [-0.1, -0.05) is 26.2 Å². The Morgan fingerprint density at radius 2 is 2.05 bits per heavy atom. The van der Waals surface area contributed by atoms with Gasteiger partial charge in [0.25, 0.3) is 0 Å². The van der Waals surface area contributed by atoms with E-state index in [9.17, 15) is 4.79 Å². The maximum Gasteiger partial charge on any atom is 0.224 e. The fourth-order valence-electron chi connectivity index (χ4n) is 2.79. The molecule has 4 nitrogen and oxygen atoms in total. The van der Waals surface area contributed by atoms with Crippen molar-refractivity contribution in [2.24, 2.45) is 5.92 Å².